The monoisotopic (exact) mass is 444 g/mol. The van der Waals surface area contributed by atoms with E-state index in [1.807, 2.05) is 42.5 Å². The maximum absolute atomic E-state index is 11.9. The van der Waals surface area contributed by atoms with E-state index in [1.165, 1.54) is 0 Å². The summed E-state index contributed by atoms with van der Waals surface area (Å²) in [5.74, 6) is 0. The fourth-order valence-electron chi connectivity index (χ4n) is 4.40. The van der Waals surface area contributed by atoms with Crippen LogP contribution in [0.15, 0.2) is 54.6 Å². The Kier molecular flexibility index (Phi) is 5.97. The maximum atomic E-state index is 11.9. The number of aliphatic hydroxyl groups is 2. The Labute approximate surface area is 187 Å². The normalized spacial score (nSPS) is 20.9. The molecule has 3 aromatic carbocycles. The summed E-state index contributed by atoms with van der Waals surface area (Å²) in [6, 6.07) is 17.1. The molecule has 0 fully saturated rings. The van der Waals surface area contributed by atoms with Crippen molar-refractivity contribution in [3.8, 4) is 0 Å². The standard InChI is InChI=1S/C24H26Cl2N2O2/c1-3-27(4-2)11-12-28-21-15-19(25)14-20(26)22(21)24(30,23(28)29)18-10-9-16-7-5-6-8-17(16)13-18/h5-10,13-15,23,29-30H,3-4,11-12H2,1-2H3. The molecule has 1 heterocycles. The molecule has 6 heteroatoms. The fraction of sp³-hybridized carbons (Fsp3) is 0.333. The van der Waals surface area contributed by atoms with Crippen molar-refractivity contribution in [3.05, 3.63) is 75.8 Å². The average molecular weight is 445 g/mol. The molecule has 0 amide bonds. The minimum Gasteiger partial charge on any atom is -0.375 e. The van der Waals surface area contributed by atoms with E-state index in [1.54, 1.807) is 17.0 Å². The molecule has 2 atom stereocenters. The minimum atomic E-state index is -1.66. The quantitative estimate of drug-likeness (QED) is 0.569. The van der Waals surface area contributed by atoms with Gasteiger partial charge in [-0.25, -0.2) is 0 Å². The Morgan fingerprint density at radius 2 is 1.70 bits per heavy atom. The molecular formula is C24H26Cl2N2O2. The molecule has 0 saturated carbocycles. The number of benzene rings is 3. The van der Waals surface area contributed by atoms with E-state index < -0.39 is 11.8 Å². The number of rotatable bonds is 6. The molecule has 0 saturated heterocycles. The molecule has 0 bridgehead atoms. The topological polar surface area (TPSA) is 46.9 Å². The molecule has 0 aliphatic carbocycles. The van der Waals surface area contributed by atoms with Crippen LogP contribution in [0.2, 0.25) is 10.0 Å². The number of likely N-dealkylation sites (N-methyl/N-ethyl adjacent to an activating group) is 1. The SMILES string of the molecule is CCN(CC)CCN1c2cc(Cl)cc(Cl)c2C(O)(c2ccc3ccccc3c2)C1O. The van der Waals surface area contributed by atoms with Gasteiger partial charge in [-0.3, -0.25) is 0 Å². The van der Waals surface area contributed by atoms with Gasteiger partial charge in [0.2, 0.25) is 0 Å². The Morgan fingerprint density at radius 3 is 2.40 bits per heavy atom. The van der Waals surface area contributed by atoms with Crippen LogP contribution in [-0.4, -0.2) is 47.5 Å². The Hall–Kier alpha value is -1.82. The van der Waals surface area contributed by atoms with E-state index in [9.17, 15) is 10.2 Å². The van der Waals surface area contributed by atoms with Gasteiger partial charge in [0.15, 0.2) is 11.8 Å². The Balaban J connectivity index is 1.83. The van der Waals surface area contributed by atoms with Crippen molar-refractivity contribution in [2.45, 2.75) is 25.7 Å². The highest BCUT2D eigenvalue weighted by molar-refractivity contribution is 6.36. The molecule has 0 aromatic heterocycles. The lowest BCUT2D eigenvalue weighted by molar-refractivity contribution is -0.0386. The summed E-state index contributed by atoms with van der Waals surface area (Å²) in [6.45, 7) is 7.34. The Bertz CT molecular complexity index is 1070. The summed E-state index contributed by atoms with van der Waals surface area (Å²) >= 11 is 12.9. The number of nitrogens with zero attached hydrogens (tertiary/aromatic N) is 2. The van der Waals surface area contributed by atoms with E-state index in [2.05, 4.69) is 18.7 Å². The lowest BCUT2D eigenvalue weighted by atomic mass is 9.85. The van der Waals surface area contributed by atoms with Gasteiger partial charge in [-0.1, -0.05) is 73.4 Å². The van der Waals surface area contributed by atoms with Crippen LogP contribution in [0.4, 0.5) is 5.69 Å². The molecular weight excluding hydrogens is 419 g/mol. The van der Waals surface area contributed by atoms with Crippen molar-refractivity contribution in [1.29, 1.82) is 0 Å². The van der Waals surface area contributed by atoms with Crippen LogP contribution in [0.3, 0.4) is 0 Å². The predicted molar refractivity (Wildman–Crippen MR) is 125 cm³/mol. The smallest absolute Gasteiger partial charge is 0.164 e. The van der Waals surface area contributed by atoms with Crippen LogP contribution in [0.25, 0.3) is 10.8 Å². The van der Waals surface area contributed by atoms with E-state index in [4.69, 9.17) is 23.2 Å². The van der Waals surface area contributed by atoms with Crippen LogP contribution in [0, 0.1) is 0 Å². The summed E-state index contributed by atoms with van der Waals surface area (Å²) in [4.78, 5) is 4.08. The van der Waals surface area contributed by atoms with Crippen LogP contribution in [0.1, 0.15) is 25.0 Å². The zero-order chi connectivity index (χ0) is 21.5. The molecule has 158 valence electrons. The average Bonchev–Trinajstić information content (AvgIpc) is 2.96. The predicted octanol–water partition coefficient (Wildman–Crippen LogP) is 4.86. The van der Waals surface area contributed by atoms with Crippen molar-refractivity contribution < 1.29 is 10.2 Å². The molecule has 2 unspecified atom stereocenters. The van der Waals surface area contributed by atoms with Crippen molar-refractivity contribution in [3.63, 3.8) is 0 Å². The van der Waals surface area contributed by atoms with Gasteiger partial charge >= 0.3 is 0 Å². The molecule has 4 nitrogen and oxygen atoms in total. The molecule has 1 aliphatic rings. The first-order chi connectivity index (χ1) is 14.4. The minimum absolute atomic E-state index is 0.345. The summed E-state index contributed by atoms with van der Waals surface area (Å²) in [5.41, 5.74) is 0.104. The van der Waals surface area contributed by atoms with Gasteiger partial charge < -0.3 is 20.0 Å². The summed E-state index contributed by atoms with van der Waals surface area (Å²) in [7, 11) is 0. The van der Waals surface area contributed by atoms with Crippen LogP contribution in [-0.2, 0) is 5.60 Å². The molecule has 0 radical (unpaired) electrons. The number of anilines is 1. The molecule has 4 rings (SSSR count). The second-order valence-corrected chi connectivity index (χ2v) is 8.55. The van der Waals surface area contributed by atoms with E-state index in [0.717, 1.165) is 30.4 Å². The van der Waals surface area contributed by atoms with Gasteiger partial charge in [-0.05, 0) is 47.6 Å². The number of halogens is 2. The second-order valence-electron chi connectivity index (χ2n) is 7.70. The zero-order valence-electron chi connectivity index (χ0n) is 17.1. The first kappa shape index (κ1) is 21.4. The van der Waals surface area contributed by atoms with Gasteiger partial charge in [-0.2, -0.15) is 0 Å². The van der Waals surface area contributed by atoms with Crippen molar-refractivity contribution in [2.24, 2.45) is 0 Å². The van der Waals surface area contributed by atoms with Crippen LogP contribution >= 0.6 is 23.2 Å². The van der Waals surface area contributed by atoms with E-state index in [-0.39, 0.29) is 0 Å². The first-order valence-corrected chi connectivity index (χ1v) is 11.0. The zero-order valence-corrected chi connectivity index (χ0v) is 18.7. The highest BCUT2D eigenvalue weighted by atomic mass is 35.5. The fourth-order valence-corrected chi connectivity index (χ4v) is 5.03. The van der Waals surface area contributed by atoms with Crippen molar-refractivity contribution in [2.75, 3.05) is 31.1 Å². The first-order valence-electron chi connectivity index (χ1n) is 10.3. The molecule has 3 aromatic rings. The summed E-state index contributed by atoms with van der Waals surface area (Å²) in [5, 5.41) is 26.2. The molecule has 2 N–H and O–H groups in total. The van der Waals surface area contributed by atoms with E-state index >= 15 is 0 Å². The summed E-state index contributed by atoms with van der Waals surface area (Å²) in [6.07, 6.45) is -1.18. The number of hydrogen-bond donors (Lipinski definition) is 2. The third-order valence-electron chi connectivity index (χ3n) is 6.13. The van der Waals surface area contributed by atoms with Crippen LogP contribution in [0.5, 0.6) is 0 Å². The lowest BCUT2D eigenvalue weighted by Crippen LogP contribution is -2.48. The highest BCUT2D eigenvalue weighted by Crippen LogP contribution is 2.51. The third kappa shape index (κ3) is 3.47. The number of hydrogen-bond acceptors (Lipinski definition) is 4. The maximum Gasteiger partial charge on any atom is 0.164 e. The largest absolute Gasteiger partial charge is 0.375 e. The molecule has 1 aliphatic heterocycles. The van der Waals surface area contributed by atoms with Gasteiger partial charge in [0.1, 0.15) is 0 Å². The molecule has 30 heavy (non-hydrogen) atoms. The second kappa shape index (κ2) is 8.37. The van der Waals surface area contributed by atoms with Crippen molar-refractivity contribution in [1.82, 2.24) is 4.90 Å². The van der Waals surface area contributed by atoms with Gasteiger partial charge in [0, 0.05) is 29.4 Å². The Morgan fingerprint density at radius 1 is 1.00 bits per heavy atom. The lowest BCUT2D eigenvalue weighted by Gasteiger charge is -2.33. The number of aliphatic hydroxyl groups excluding tert-OH is 1. The number of fused-ring (bicyclic) bond motifs is 2. The van der Waals surface area contributed by atoms with Gasteiger partial charge in [-0.15, -0.1) is 0 Å². The van der Waals surface area contributed by atoms with Gasteiger partial charge in [0.05, 0.1) is 5.02 Å². The van der Waals surface area contributed by atoms with Crippen LogP contribution < -0.4 is 4.90 Å². The highest BCUT2D eigenvalue weighted by Gasteiger charge is 2.52. The molecule has 0 spiro atoms. The summed E-state index contributed by atoms with van der Waals surface area (Å²) < 4.78 is 0. The van der Waals surface area contributed by atoms with Gasteiger partial charge in [0.25, 0.3) is 0 Å². The third-order valence-corrected chi connectivity index (χ3v) is 6.65. The van der Waals surface area contributed by atoms with E-state index in [0.29, 0.717) is 33.4 Å². The van der Waals surface area contributed by atoms with Crippen molar-refractivity contribution >= 4 is 39.7 Å².